The maximum Gasteiger partial charge on any atom is 0.240 e. The minimum Gasteiger partial charge on any atom is -0.452 e. The Morgan fingerprint density at radius 3 is 2.60 bits per heavy atom. The number of nitrogen functional groups attached to an aromatic ring is 1. The summed E-state index contributed by atoms with van der Waals surface area (Å²) in [6.45, 7) is 3.96. The number of hydrogen-bond donors (Lipinski definition) is 2. The lowest BCUT2D eigenvalue weighted by Crippen LogP contribution is -2.14. The maximum atomic E-state index is 11.4. The van der Waals surface area contributed by atoms with E-state index in [-0.39, 0.29) is 22.4 Å². The van der Waals surface area contributed by atoms with Crippen LogP contribution >= 0.6 is 0 Å². The first-order valence-corrected chi connectivity index (χ1v) is 7.47. The quantitative estimate of drug-likeness (QED) is 0.830. The van der Waals surface area contributed by atoms with Gasteiger partial charge in [0, 0.05) is 6.04 Å². The molecule has 1 aromatic heterocycles. The van der Waals surface area contributed by atoms with Crippen molar-refractivity contribution in [1.82, 2.24) is 9.78 Å². The standard InChI is InChI=1S/C12H16N4O3S/c1-8(2)16-7-9(6-15-16)19-10-4-3-5-11(12(10)13)20(14,17)18/h3-8H,13H2,1-2H3,(H2,14,17,18). The third kappa shape index (κ3) is 2.91. The average molecular weight is 296 g/mol. The molecule has 20 heavy (non-hydrogen) atoms. The van der Waals surface area contributed by atoms with E-state index in [1.807, 2.05) is 13.8 Å². The maximum absolute atomic E-state index is 11.4. The highest BCUT2D eigenvalue weighted by Gasteiger charge is 2.16. The third-order valence-electron chi connectivity index (χ3n) is 2.67. The van der Waals surface area contributed by atoms with Crippen LogP contribution in [0.4, 0.5) is 5.69 Å². The van der Waals surface area contributed by atoms with E-state index in [0.29, 0.717) is 5.75 Å². The average Bonchev–Trinajstić information content (AvgIpc) is 2.79. The Kier molecular flexibility index (Phi) is 3.69. The van der Waals surface area contributed by atoms with Gasteiger partial charge in [0.05, 0.1) is 18.1 Å². The van der Waals surface area contributed by atoms with Crippen LogP contribution in [0.25, 0.3) is 0 Å². The van der Waals surface area contributed by atoms with Gasteiger partial charge >= 0.3 is 0 Å². The fourth-order valence-corrected chi connectivity index (χ4v) is 2.32. The van der Waals surface area contributed by atoms with E-state index >= 15 is 0 Å². The molecule has 8 heteroatoms. The molecule has 0 aliphatic carbocycles. The third-order valence-corrected chi connectivity index (χ3v) is 3.64. The zero-order valence-corrected chi connectivity index (χ0v) is 12.0. The molecule has 0 radical (unpaired) electrons. The second kappa shape index (κ2) is 5.14. The largest absolute Gasteiger partial charge is 0.452 e. The first-order valence-electron chi connectivity index (χ1n) is 5.92. The van der Waals surface area contributed by atoms with Crippen LogP contribution < -0.4 is 15.6 Å². The van der Waals surface area contributed by atoms with Crippen molar-refractivity contribution >= 4 is 15.7 Å². The van der Waals surface area contributed by atoms with E-state index in [1.165, 1.54) is 18.3 Å². The normalized spacial score (nSPS) is 11.8. The van der Waals surface area contributed by atoms with Gasteiger partial charge in [-0.2, -0.15) is 5.10 Å². The van der Waals surface area contributed by atoms with Crippen LogP contribution in [0, 0.1) is 0 Å². The van der Waals surface area contributed by atoms with E-state index < -0.39 is 10.0 Å². The van der Waals surface area contributed by atoms with Gasteiger partial charge in [0.15, 0.2) is 11.5 Å². The molecule has 0 fully saturated rings. The SMILES string of the molecule is CC(C)n1cc(Oc2cccc(S(N)(=O)=O)c2N)cn1. The number of rotatable bonds is 4. The molecular weight excluding hydrogens is 280 g/mol. The van der Waals surface area contributed by atoms with Crippen molar-refractivity contribution in [3.05, 3.63) is 30.6 Å². The highest BCUT2D eigenvalue weighted by Crippen LogP contribution is 2.31. The fourth-order valence-electron chi connectivity index (χ4n) is 1.64. The summed E-state index contributed by atoms with van der Waals surface area (Å²) in [6.07, 6.45) is 3.23. The molecule has 0 amide bonds. The molecule has 2 rings (SSSR count). The summed E-state index contributed by atoms with van der Waals surface area (Å²) in [5, 5.41) is 9.20. The van der Waals surface area contributed by atoms with Gasteiger partial charge in [-0.15, -0.1) is 0 Å². The number of aromatic nitrogens is 2. The number of sulfonamides is 1. The molecule has 0 unspecified atom stereocenters. The number of ether oxygens (including phenoxy) is 1. The Labute approximate surface area is 117 Å². The van der Waals surface area contributed by atoms with Crippen LogP contribution in [-0.2, 0) is 10.0 Å². The number of hydrogen-bond acceptors (Lipinski definition) is 5. The van der Waals surface area contributed by atoms with Gasteiger partial charge in [0.25, 0.3) is 0 Å². The molecular formula is C12H16N4O3S. The molecule has 1 aromatic carbocycles. The molecule has 4 N–H and O–H groups in total. The molecule has 0 spiro atoms. The molecule has 0 bridgehead atoms. The van der Waals surface area contributed by atoms with Crippen LogP contribution in [0.15, 0.2) is 35.5 Å². The predicted molar refractivity (Wildman–Crippen MR) is 74.9 cm³/mol. The molecule has 0 saturated carbocycles. The van der Waals surface area contributed by atoms with E-state index in [1.54, 1.807) is 16.9 Å². The van der Waals surface area contributed by atoms with Crippen molar-refractivity contribution in [1.29, 1.82) is 0 Å². The second-order valence-corrected chi connectivity index (χ2v) is 6.09. The Balaban J connectivity index is 2.34. The summed E-state index contributed by atoms with van der Waals surface area (Å²) in [6, 6.07) is 4.60. The molecule has 0 aliphatic heterocycles. The number of para-hydroxylation sites is 1. The van der Waals surface area contributed by atoms with Crippen molar-refractivity contribution in [3.8, 4) is 11.5 Å². The van der Waals surface area contributed by atoms with Gasteiger partial charge in [0.2, 0.25) is 10.0 Å². The zero-order chi connectivity index (χ0) is 14.9. The van der Waals surface area contributed by atoms with Gasteiger partial charge in [-0.1, -0.05) is 6.07 Å². The monoisotopic (exact) mass is 296 g/mol. The summed E-state index contributed by atoms with van der Waals surface area (Å²) >= 11 is 0. The molecule has 0 aliphatic rings. The number of nitrogens with two attached hydrogens (primary N) is 2. The first-order chi connectivity index (χ1) is 9.29. The van der Waals surface area contributed by atoms with Crippen LogP contribution in [0.2, 0.25) is 0 Å². The summed E-state index contributed by atoms with van der Waals surface area (Å²) in [7, 11) is -3.88. The molecule has 108 valence electrons. The van der Waals surface area contributed by atoms with E-state index in [4.69, 9.17) is 15.6 Å². The van der Waals surface area contributed by atoms with Crippen LogP contribution in [0.3, 0.4) is 0 Å². The summed E-state index contributed by atoms with van der Waals surface area (Å²) in [5.41, 5.74) is 5.75. The Bertz CT molecular complexity index is 722. The number of anilines is 1. The highest BCUT2D eigenvalue weighted by atomic mass is 32.2. The van der Waals surface area contributed by atoms with Crippen LogP contribution in [-0.4, -0.2) is 18.2 Å². The number of primary sulfonamides is 1. The predicted octanol–water partition coefficient (Wildman–Crippen LogP) is 1.49. The second-order valence-electron chi connectivity index (χ2n) is 4.56. The van der Waals surface area contributed by atoms with Crippen molar-refractivity contribution in [2.24, 2.45) is 5.14 Å². The minimum atomic E-state index is -3.88. The topological polar surface area (TPSA) is 113 Å². The summed E-state index contributed by atoms with van der Waals surface area (Å²) < 4.78 is 30.0. The van der Waals surface area contributed by atoms with E-state index in [2.05, 4.69) is 5.10 Å². The summed E-state index contributed by atoms with van der Waals surface area (Å²) in [4.78, 5) is -0.161. The smallest absolute Gasteiger partial charge is 0.240 e. The number of benzene rings is 1. The van der Waals surface area contributed by atoms with Crippen LogP contribution in [0.5, 0.6) is 11.5 Å². The first kappa shape index (κ1) is 14.4. The van der Waals surface area contributed by atoms with Gasteiger partial charge in [-0.25, -0.2) is 13.6 Å². The lowest BCUT2D eigenvalue weighted by atomic mass is 10.3. The Hall–Kier alpha value is -2.06. The molecule has 0 atom stereocenters. The Morgan fingerprint density at radius 2 is 2.05 bits per heavy atom. The minimum absolute atomic E-state index is 0.0210. The van der Waals surface area contributed by atoms with E-state index in [9.17, 15) is 8.42 Å². The van der Waals surface area contributed by atoms with Crippen molar-refractivity contribution < 1.29 is 13.2 Å². The molecule has 7 nitrogen and oxygen atoms in total. The van der Waals surface area contributed by atoms with Crippen molar-refractivity contribution in [3.63, 3.8) is 0 Å². The summed E-state index contributed by atoms with van der Waals surface area (Å²) in [5.74, 6) is 0.691. The molecule has 2 aromatic rings. The molecule has 1 heterocycles. The van der Waals surface area contributed by atoms with Gasteiger partial charge in [-0.05, 0) is 26.0 Å². The lowest BCUT2D eigenvalue weighted by Gasteiger charge is -2.09. The fraction of sp³-hybridized carbons (Fsp3) is 0.250. The van der Waals surface area contributed by atoms with Gasteiger partial charge in [0.1, 0.15) is 4.90 Å². The Morgan fingerprint density at radius 1 is 1.35 bits per heavy atom. The lowest BCUT2D eigenvalue weighted by molar-refractivity contribution is 0.478. The van der Waals surface area contributed by atoms with Crippen molar-refractivity contribution in [2.75, 3.05) is 5.73 Å². The number of nitrogens with zero attached hydrogens (tertiary/aromatic N) is 2. The zero-order valence-electron chi connectivity index (χ0n) is 11.1. The van der Waals surface area contributed by atoms with Gasteiger partial charge in [-0.3, -0.25) is 4.68 Å². The highest BCUT2D eigenvalue weighted by molar-refractivity contribution is 7.89. The van der Waals surface area contributed by atoms with Crippen molar-refractivity contribution in [2.45, 2.75) is 24.8 Å². The molecule has 0 saturated heterocycles. The van der Waals surface area contributed by atoms with Crippen LogP contribution in [0.1, 0.15) is 19.9 Å². The van der Waals surface area contributed by atoms with Gasteiger partial charge < -0.3 is 10.5 Å². The van der Waals surface area contributed by atoms with E-state index in [0.717, 1.165) is 0 Å².